The van der Waals surface area contributed by atoms with E-state index in [2.05, 4.69) is 26.6 Å². The van der Waals surface area contributed by atoms with Gasteiger partial charge in [0.1, 0.15) is 12.1 Å². The van der Waals surface area contributed by atoms with Crippen molar-refractivity contribution in [2.24, 2.45) is 5.92 Å². The Morgan fingerprint density at radius 3 is 2.48 bits per heavy atom. The molecule has 0 radical (unpaired) electrons. The van der Waals surface area contributed by atoms with Crippen molar-refractivity contribution in [1.29, 1.82) is 0 Å². The highest BCUT2D eigenvalue weighted by molar-refractivity contribution is 9.10. The number of imide groups is 1. The maximum Gasteiger partial charge on any atom is 0.325 e. The van der Waals surface area contributed by atoms with E-state index < -0.39 is 23.4 Å². The second-order valence-corrected chi connectivity index (χ2v) is 8.61. The van der Waals surface area contributed by atoms with E-state index in [0.29, 0.717) is 12.1 Å². The molecule has 0 aliphatic carbocycles. The maximum absolute atomic E-state index is 13.3. The van der Waals surface area contributed by atoms with Crippen molar-refractivity contribution >= 4 is 39.5 Å². The Kier molecular flexibility index (Phi) is 6.07. The highest BCUT2D eigenvalue weighted by Gasteiger charge is 2.52. The van der Waals surface area contributed by atoms with Crippen LogP contribution in [0.1, 0.15) is 31.4 Å². The Hall–Kier alpha value is -2.67. The number of carbonyl (C=O) groups excluding carboxylic acids is 3. The number of aryl methyl sites for hydroxylation is 1. The summed E-state index contributed by atoms with van der Waals surface area (Å²) in [6.07, 6.45) is 0.450. The molecule has 29 heavy (non-hydrogen) atoms. The molecule has 1 saturated heterocycles. The predicted molar refractivity (Wildman–Crippen MR) is 115 cm³/mol. The molecule has 1 aliphatic heterocycles. The Labute approximate surface area is 178 Å². The predicted octanol–water partition coefficient (Wildman–Crippen LogP) is 4.19. The molecule has 152 valence electrons. The monoisotopic (exact) mass is 457 g/mol. The van der Waals surface area contributed by atoms with Gasteiger partial charge in [-0.1, -0.05) is 60.1 Å². The Balaban J connectivity index is 1.82. The molecule has 0 saturated carbocycles. The van der Waals surface area contributed by atoms with E-state index >= 15 is 0 Å². The fourth-order valence-corrected chi connectivity index (χ4v) is 4.13. The van der Waals surface area contributed by atoms with E-state index in [1.165, 1.54) is 0 Å². The zero-order chi connectivity index (χ0) is 21.2. The lowest BCUT2D eigenvalue weighted by Crippen LogP contribution is -2.45. The summed E-state index contributed by atoms with van der Waals surface area (Å²) in [6, 6.07) is 14.1. The van der Waals surface area contributed by atoms with Gasteiger partial charge in [0.2, 0.25) is 5.91 Å². The number of halogens is 1. The van der Waals surface area contributed by atoms with Gasteiger partial charge in [-0.25, -0.2) is 4.79 Å². The van der Waals surface area contributed by atoms with Gasteiger partial charge in [-0.3, -0.25) is 14.5 Å². The molecule has 0 bridgehead atoms. The fourth-order valence-electron chi connectivity index (χ4n) is 3.66. The number of amides is 4. The molecule has 4 amide bonds. The summed E-state index contributed by atoms with van der Waals surface area (Å²) in [6.45, 7) is 5.52. The highest BCUT2D eigenvalue weighted by Crippen LogP contribution is 2.35. The van der Waals surface area contributed by atoms with Crippen molar-refractivity contribution in [3.8, 4) is 0 Å². The molecule has 2 aromatic carbocycles. The van der Waals surface area contributed by atoms with E-state index in [1.807, 2.05) is 63.2 Å². The molecule has 1 heterocycles. The average Bonchev–Trinajstić information content (AvgIpc) is 2.89. The van der Waals surface area contributed by atoms with E-state index in [0.717, 1.165) is 20.5 Å². The summed E-state index contributed by atoms with van der Waals surface area (Å²) in [5.41, 5.74) is 1.09. The van der Waals surface area contributed by atoms with Crippen LogP contribution in [0.2, 0.25) is 0 Å². The van der Waals surface area contributed by atoms with Gasteiger partial charge in [0, 0.05) is 10.2 Å². The Bertz CT molecular complexity index is 946. The number of urea groups is 1. The number of nitrogens with zero attached hydrogens (tertiary/aromatic N) is 1. The molecule has 6 nitrogen and oxygen atoms in total. The summed E-state index contributed by atoms with van der Waals surface area (Å²) in [5.74, 6) is -0.656. The van der Waals surface area contributed by atoms with Gasteiger partial charge in [0.15, 0.2) is 0 Å². The summed E-state index contributed by atoms with van der Waals surface area (Å²) >= 11 is 3.38. The molecule has 0 aromatic heterocycles. The minimum Gasteiger partial charge on any atom is -0.324 e. The molecule has 1 aliphatic rings. The average molecular weight is 458 g/mol. The van der Waals surface area contributed by atoms with Crippen LogP contribution in [0.4, 0.5) is 10.5 Å². The molecule has 1 atom stereocenters. The lowest BCUT2D eigenvalue weighted by atomic mass is 9.82. The van der Waals surface area contributed by atoms with Crippen molar-refractivity contribution in [2.75, 3.05) is 11.9 Å². The molecule has 3 rings (SSSR count). The van der Waals surface area contributed by atoms with Gasteiger partial charge in [-0.2, -0.15) is 0 Å². The van der Waals surface area contributed by atoms with Crippen molar-refractivity contribution in [3.63, 3.8) is 0 Å². The Morgan fingerprint density at radius 1 is 1.17 bits per heavy atom. The van der Waals surface area contributed by atoms with Crippen LogP contribution in [0, 0.1) is 12.8 Å². The number of rotatable bonds is 6. The van der Waals surface area contributed by atoms with Crippen molar-refractivity contribution < 1.29 is 14.4 Å². The maximum atomic E-state index is 13.3. The quantitative estimate of drug-likeness (QED) is 0.638. The SMILES string of the molecule is Cc1cc(Br)ccc1NC(=O)CN1C(=O)NC(CC(C)C)(c2ccccc2)C1=O. The molecular weight excluding hydrogens is 434 g/mol. The van der Waals surface area contributed by atoms with E-state index in [4.69, 9.17) is 0 Å². The van der Waals surface area contributed by atoms with Gasteiger partial charge in [0.25, 0.3) is 5.91 Å². The van der Waals surface area contributed by atoms with E-state index in [1.54, 1.807) is 6.07 Å². The van der Waals surface area contributed by atoms with Gasteiger partial charge in [0.05, 0.1) is 0 Å². The van der Waals surface area contributed by atoms with Crippen LogP contribution in [0.15, 0.2) is 53.0 Å². The van der Waals surface area contributed by atoms with E-state index in [9.17, 15) is 14.4 Å². The number of benzene rings is 2. The van der Waals surface area contributed by atoms with Crippen LogP contribution >= 0.6 is 15.9 Å². The summed E-state index contributed by atoms with van der Waals surface area (Å²) in [4.78, 5) is 39.6. The Morgan fingerprint density at radius 2 is 1.86 bits per heavy atom. The molecule has 0 spiro atoms. The van der Waals surface area contributed by atoms with Crippen LogP contribution in [0.25, 0.3) is 0 Å². The van der Waals surface area contributed by atoms with Crippen LogP contribution in [-0.2, 0) is 15.1 Å². The van der Waals surface area contributed by atoms with E-state index in [-0.39, 0.29) is 12.5 Å². The molecule has 2 N–H and O–H groups in total. The van der Waals surface area contributed by atoms with Gasteiger partial charge in [-0.05, 0) is 48.6 Å². The molecule has 1 unspecified atom stereocenters. The number of carbonyl (C=O) groups is 3. The van der Waals surface area contributed by atoms with Crippen molar-refractivity contribution in [3.05, 3.63) is 64.1 Å². The first-order valence-electron chi connectivity index (χ1n) is 9.48. The summed E-state index contributed by atoms with van der Waals surface area (Å²) in [5, 5.41) is 5.63. The van der Waals surface area contributed by atoms with Crippen molar-refractivity contribution in [2.45, 2.75) is 32.7 Å². The van der Waals surface area contributed by atoms with Gasteiger partial charge < -0.3 is 10.6 Å². The molecular formula is C22H24BrN3O3. The first-order chi connectivity index (χ1) is 13.7. The number of hydrogen-bond acceptors (Lipinski definition) is 3. The molecule has 1 fully saturated rings. The van der Waals surface area contributed by atoms with Crippen LogP contribution in [0.5, 0.6) is 0 Å². The van der Waals surface area contributed by atoms with Crippen LogP contribution in [0.3, 0.4) is 0 Å². The second kappa shape index (κ2) is 8.37. The summed E-state index contributed by atoms with van der Waals surface area (Å²) < 4.78 is 0.906. The first-order valence-corrected chi connectivity index (χ1v) is 10.3. The molecule has 2 aromatic rings. The number of hydrogen-bond donors (Lipinski definition) is 2. The number of nitrogens with one attached hydrogen (secondary N) is 2. The standard InChI is InChI=1S/C22H24BrN3O3/c1-14(2)12-22(16-7-5-4-6-8-16)20(28)26(21(29)25-22)13-19(27)24-18-10-9-17(23)11-15(18)3/h4-11,14H,12-13H2,1-3H3,(H,24,27)(H,25,29). The lowest BCUT2D eigenvalue weighted by molar-refractivity contribution is -0.134. The third kappa shape index (κ3) is 4.34. The van der Waals surface area contributed by atoms with Crippen LogP contribution < -0.4 is 10.6 Å². The molecule has 7 heteroatoms. The van der Waals surface area contributed by atoms with Gasteiger partial charge >= 0.3 is 6.03 Å². The first kappa shape index (κ1) is 21.0. The van der Waals surface area contributed by atoms with Crippen molar-refractivity contribution in [1.82, 2.24) is 10.2 Å². The minimum atomic E-state index is -1.15. The normalized spacial score (nSPS) is 18.9. The topological polar surface area (TPSA) is 78.5 Å². The minimum absolute atomic E-state index is 0.165. The highest BCUT2D eigenvalue weighted by atomic mass is 79.9. The fraction of sp³-hybridized carbons (Fsp3) is 0.318. The third-order valence-electron chi connectivity index (χ3n) is 4.92. The largest absolute Gasteiger partial charge is 0.325 e. The summed E-state index contributed by atoms with van der Waals surface area (Å²) in [7, 11) is 0. The third-order valence-corrected chi connectivity index (χ3v) is 5.41. The zero-order valence-electron chi connectivity index (χ0n) is 16.7. The smallest absolute Gasteiger partial charge is 0.324 e. The van der Waals surface area contributed by atoms with Gasteiger partial charge in [-0.15, -0.1) is 0 Å². The lowest BCUT2D eigenvalue weighted by Gasteiger charge is -2.29. The zero-order valence-corrected chi connectivity index (χ0v) is 18.2. The number of anilines is 1. The second-order valence-electron chi connectivity index (χ2n) is 7.70. The van der Waals surface area contributed by atoms with Crippen LogP contribution in [-0.4, -0.2) is 29.3 Å².